The number of carbonyl (C=O) groups is 3. The summed E-state index contributed by atoms with van der Waals surface area (Å²) in [7, 11) is 7.94. The van der Waals surface area contributed by atoms with Gasteiger partial charge >= 0.3 is 0 Å². The lowest BCUT2D eigenvalue weighted by molar-refractivity contribution is -0.131. The number of alkyl halides is 1. The Hall–Kier alpha value is -14.9. The number of imide groups is 1. The van der Waals surface area contributed by atoms with Crippen LogP contribution in [0.4, 0.5) is 5.82 Å². The number of ketones is 1. The Kier molecular flexibility index (Phi) is 57.2. The molecule has 20 heteroatoms. The first-order valence-corrected chi connectivity index (χ1v) is 35.6. The van der Waals surface area contributed by atoms with E-state index in [1.54, 1.807) is 44.1 Å². The summed E-state index contributed by atoms with van der Waals surface area (Å²) >= 11 is 11.2. The number of amides is 2. The zero-order chi connectivity index (χ0) is 76.2. The first-order valence-electron chi connectivity index (χ1n) is 27.4. The van der Waals surface area contributed by atoms with Gasteiger partial charge in [0.25, 0.3) is 0 Å². The number of halogens is 3. The number of nitrogen functional groups attached to an aromatic ring is 1. The lowest BCUT2D eigenvalue weighted by Crippen LogP contribution is -2.16. The second-order valence-corrected chi connectivity index (χ2v) is 29.1. The Morgan fingerprint density at radius 2 is 0.760 bits per heavy atom. The molecule has 482 valence electrons. The van der Waals surface area contributed by atoms with Crippen molar-refractivity contribution >= 4 is 112 Å². The number of Topliss-reactive ketones (excluding diaryl/α,β-unsaturated/α-hetero) is 1. The van der Waals surface area contributed by atoms with E-state index in [1.807, 2.05) is 41.2 Å². The number of nitrogens with two attached hydrogens (primary N) is 1. The van der Waals surface area contributed by atoms with Crippen molar-refractivity contribution in [2.24, 2.45) is 0 Å². The number of nitrogens with zero attached hydrogens (tertiary/aromatic N) is 9. The third-order valence-corrected chi connectivity index (χ3v) is 10.4. The summed E-state index contributed by atoms with van der Waals surface area (Å²) < 4.78 is 5.87. The summed E-state index contributed by atoms with van der Waals surface area (Å²) in [5, 5.41) is 0. The van der Waals surface area contributed by atoms with Gasteiger partial charge in [0.15, 0.2) is 11.3 Å². The molecule has 0 aromatic carbocycles. The fourth-order valence-electron chi connectivity index (χ4n) is 4.58. The highest BCUT2D eigenvalue weighted by Crippen LogP contribution is 2.59. The first-order chi connectivity index (χ1) is 50.7. The van der Waals surface area contributed by atoms with Gasteiger partial charge in [-0.2, -0.15) is 0 Å². The van der Waals surface area contributed by atoms with Crippen LogP contribution in [0, 0.1) is 358 Å². The maximum atomic E-state index is 10.4. The molecule has 6 heterocycles. The van der Waals surface area contributed by atoms with Crippen molar-refractivity contribution < 1.29 is 14.4 Å². The number of rotatable bonds is 1. The van der Waals surface area contributed by atoms with Gasteiger partial charge in [-0.05, 0) is 145 Å². The molecule has 5 aromatic heterocycles. The number of fused-ring (bicyclic) bond motifs is 2. The number of anilines is 1. The fourth-order valence-corrected chi connectivity index (χ4v) is 5.32. The van der Waals surface area contributed by atoms with Crippen molar-refractivity contribution in [3.05, 3.63) is 78.0 Å². The van der Waals surface area contributed by atoms with E-state index < -0.39 is 0 Å². The Morgan fingerprint density at radius 1 is 0.481 bits per heavy atom. The number of hydrogen-bond acceptors (Lipinski definition) is 10. The molecule has 0 saturated carbocycles. The Labute approximate surface area is 638 Å². The van der Waals surface area contributed by atoms with Crippen molar-refractivity contribution in [2.45, 2.75) is 40.5 Å². The minimum atomic E-state index is -0.144. The van der Waals surface area contributed by atoms with Gasteiger partial charge in [-0.15, -0.1) is 44.8 Å². The summed E-state index contributed by atoms with van der Waals surface area (Å²) in [6, 6.07) is 0. The van der Waals surface area contributed by atoms with E-state index >= 15 is 0 Å². The number of hydrogen-bond donors (Lipinski definition) is 1. The van der Waals surface area contributed by atoms with Crippen LogP contribution in [0.2, 0.25) is 0 Å². The maximum absolute atomic E-state index is 10.4. The molecule has 2 N–H and O–H groups in total. The molecule has 1 aliphatic rings. The van der Waals surface area contributed by atoms with Crippen LogP contribution in [0.1, 0.15) is 38.1 Å². The molecular weight excluding hydrogens is 1520 g/mol. The molecule has 3 atom stereocenters. The van der Waals surface area contributed by atoms with Crippen LogP contribution in [0.25, 0.3) is 11.3 Å². The summed E-state index contributed by atoms with van der Waals surface area (Å²) in [5.74, 6) is 142. The number of carbonyl (C=O) groups excluding carboxylic acids is 3. The second kappa shape index (κ2) is 66.7. The number of imidazole rings is 2. The minimum absolute atomic E-state index is 0.0201. The molecule has 2 amide bonds. The summed E-state index contributed by atoms with van der Waals surface area (Å²) in [5.41, 5.74) is 8.96. The summed E-state index contributed by atoms with van der Waals surface area (Å²) in [6.07, 6.45) is 23.0. The first kappa shape index (κ1) is 89.1. The van der Waals surface area contributed by atoms with Gasteiger partial charge in [0.2, 0.25) is 11.8 Å². The van der Waals surface area contributed by atoms with Gasteiger partial charge in [-0.1, -0.05) is 5.92 Å². The van der Waals surface area contributed by atoms with Gasteiger partial charge in [0.1, 0.15) is 16.2 Å². The summed E-state index contributed by atoms with van der Waals surface area (Å²) in [4.78, 5) is 54.3. The Balaban J connectivity index is 0.00000181. The highest BCUT2D eigenvalue weighted by Gasteiger charge is 2.26. The third kappa shape index (κ3) is 57.4. The minimum Gasteiger partial charge on any atom is -0.382 e. The Morgan fingerprint density at radius 3 is 0.981 bits per heavy atom. The molecule has 0 spiro atoms. The van der Waals surface area contributed by atoms with Gasteiger partial charge in [0, 0.05) is 293 Å². The molecule has 1 saturated heterocycles. The zero-order valence-corrected chi connectivity index (χ0v) is 62.9. The highest BCUT2D eigenvalue weighted by molar-refractivity contribution is 9.10. The third-order valence-electron chi connectivity index (χ3n) is 8.25. The van der Waals surface area contributed by atoms with E-state index in [2.05, 4.69) is 426 Å². The molecule has 0 bridgehead atoms. The lowest BCUT2D eigenvalue weighted by Gasteiger charge is -1.97. The molecular formula is C84H37Br2ClN10O3P4. The SMILES string of the molecule is C#CC#CC#CC#CC#CC#CC#CC#CC#CC#CC#CC#CC#CC#CC#CC#CC#CC#CC#CC#CC#CC#CC#CC#CC#CC#CC#CC#CC#CC.CC(=O)CCl.Cc1cn2ccncc2n1.Cc1nc2cnccn2c1Br.Nc1cnccn1.O=C1CCC(=O)N1Br.PP(P)P. The number of aromatic nitrogens is 8. The van der Waals surface area contributed by atoms with Crippen LogP contribution in [0.15, 0.2) is 66.6 Å². The van der Waals surface area contributed by atoms with Crippen molar-refractivity contribution in [1.82, 2.24) is 42.6 Å². The number of terminal acetylenes is 1. The summed E-state index contributed by atoms with van der Waals surface area (Å²) in [6.45, 7) is 7.19. The van der Waals surface area contributed by atoms with Crippen LogP contribution in [0.5, 0.6) is 0 Å². The van der Waals surface area contributed by atoms with Crippen LogP contribution in [-0.2, 0) is 14.4 Å². The fraction of sp³-hybridized carbons (Fsp3) is 0.0833. The monoisotopic (exact) mass is 1550 g/mol. The smallest absolute Gasteiger partial charge is 0.239 e. The standard InChI is InChI=1S/C59H4.C7H6BrN3.C7H7N3.C4H4BrNO2.C4H5N3.C3H5ClO.H6P4/c1-3-5-7-9-11-13-15-17-19-21-23-25-27-29-31-33-35-37-39-41-43-45-47-49-51-53-55-57-59-58-56-54-52-50-48-46-44-42-40-38-36-34-32-30-28-26-24-22-20-18-16-14-12-10-8-6-4-2;1-5-7(8)11-3-2-9-4-6(11)10-5;1-6-5-10-3-2-8-4-7(10)9-6;5-6-3(7)1-2-4(6)8;5-4-3-6-1-2-7-4;1-3(5)2-4;1-4(2)3/h1H,2H3;2-4H,1H3;2-5H,1H3;1-2H2;1-3H,(H2,5,7);2H2,1H3;1-3H2. The van der Waals surface area contributed by atoms with E-state index in [1.165, 1.54) is 13.1 Å². The predicted octanol–water partition coefficient (Wildman–Crippen LogP) is 6.73. The molecule has 0 aliphatic carbocycles. The number of aryl methyl sites for hydroxylation is 2. The predicted molar refractivity (Wildman–Crippen MR) is 429 cm³/mol. The molecule has 1 fully saturated rings. The molecule has 13 nitrogen and oxygen atoms in total. The van der Waals surface area contributed by atoms with Crippen molar-refractivity contribution in [1.29, 1.82) is 0 Å². The normalized spacial score (nSPS) is 7.23. The average molecular weight is 1550 g/mol. The zero-order valence-electron chi connectivity index (χ0n) is 54.6. The van der Waals surface area contributed by atoms with Crippen LogP contribution >= 0.6 is 77.5 Å². The molecule has 6 rings (SSSR count). The molecule has 5 aromatic rings. The van der Waals surface area contributed by atoms with Crippen LogP contribution < -0.4 is 5.73 Å². The second-order valence-electron chi connectivity index (χ2n) is 15.8. The van der Waals surface area contributed by atoms with Crippen LogP contribution in [0.3, 0.4) is 0 Å². The molecule has 0 radical (unpaired) electrons. The van der Waals surface area contributed by atoms with E-state index in [9.17, 15) is 14.4 Å². The van der Waals surface area contributed by atoms with Crippen molar-refractivity contribution in [2.75, 3.05) is 11.6 Å². The Bertz CT molecular complexity index is 6030. The van der Waals surface area contributed by atoms with E-state index in [4.69, 9.17) is 23.8 Å². The van der Waals surface area contributed by atoms with Crippen LogP contribution in [-0.4, -0.2) is 66.1 Å². The highest BCUT2D eigenvalue weighted by atomic mass is 79.9. The van der Waals surface area contributed by atoms with Gasteiger partial charge in [0.05, 0.1) is 52.0 Å². The topological polar surface area (TPSA) is 167 Å². The maximum Gasteiger partial charge on any atom is 0.239 e. The van der Waals surface area contributed by atoms with Crippen molar-refractivity contribution in [3.63, 3.8) is 0 Å². The molecule has 3 unspecified atom stereocenters. The molecule has 104 heavy (non-hydrogen) atoms. The quantitative estimate of drug-likeness (QED) is 0.0626. The van der Waals surface area contributed by atoms with E-state index in [0.717, 1.165) is 31.2 Å². The van der Waals surface area contributed by atoms with Gasteiger partial charge in [-0.3, -0.25) is 33.7 Å². The largest absolute Gasteiger partial charge is 0.382 e. The van der Waals surface area contributed by atoms with Gasteiger partial charge in [-0.25, -0.2) is 18.9 Å². The average Bonchev–Trinajstić information content (AvgIpc) is 1.70. The van der Waals surface area contributed by atoms with Crippen molar-refractivity contribution in [3.8, 4) is 344 Å². The van der Waals surface area contributed by atoms with E-state index in [0.29, 0.717) is 18.7 Å². The molecule has 1 aliphatic heterocycles. The lowest BCUT2D eigenvalue weighted by atomic mass is 10.4. The van der Waals surface area contributed by atoms with Gasteiger partial charge < -0.3 is 10.1 Å². The van der Waals surface area contributed by atoms with E-state index in [-0.39, 0.29) is 30.5 Å².